The molecule has 224 valence electrons. The quantitative estimate of drug-likeness (QED) is 0.302. The fourth-order valence-corrected chi connectivity index (χ4v) is 6.60. The van der Waals surface area contributed by atoms with Crippen molar-refractivity contribution in [3.63, 3.8) is 0 Å². The molecule has 1 aliphatic carbocycles. The zero-order valence-corrected chi connectivity index (χ0v) is 25.5. The molecule has 1 saturated carbocycles. The zero-order chi connectivity index (χ0) is 30.1. The van der Waals surface area contributed by atoms with Crippen molar-refractivity contribution in [2.45, 2.75) is 76.4 Å². The lowest BCUT2D eigenvalue weighted by Crippen LogP contribution is -2.53. The molecule has 3 aromatic carbocycles. The SMILES string of the molecule is CCOc1ccc(N(CC(=O)N(Cc2ccc(C)cc2)[C@H](C)C(=O)NC2CCCCC2)S(=O)(=O)c2ccccc2)cc1. The number of hydrogen-bond acceptors (Lipinski definition) is 5. The van der Waals surface area contributed by atoms with E-state index in [-0.39, 0.29) is 23.4 Å². The van der Waals surface area contributed by atoms with Crippen LogP contribution in [-0.2, 0) is 26.2 Å². The van der Waals surface area contributed by atoms with Crippen LogP contribution in [0.25, 0.3) is 0 Å². The maximum Gasteiger partial charge on any atom is 0.264 e. The van der Waals surface area contributed by atoms with Crippen molar-refractivity contribution < 1.29 is 22.7 Å². The van der Waals surface area contributed by atoms with Gasteiger partial charge in [0.25, 0.3) is 10.0 Å². The fraction of sp³-hybridized carbons (Fsp3) is 0.394. The molecule has 42 heavy (non-hydrogen) atoms. The van der Waals surface area contributed by atoms with Crippen LogP contribution in [0.4, 0.5) is 5.69 Å². The Labute approximate surface area is 249 Å². The third-order valence-electron chi connectivity index (χ3n) is 7.64. The number of sulfonamides is 1. The first-order chi connectivity index (χ1) is 20.2. The van der Waals surface area contributed by atoms with Crippen LogP contribution in [0.15, 0.2) is 83.8 Å². The normalized spacial score (nSPS) is 14.5. The van der Waals surface area contributed by atoms with Crippen LogP contribution < -0.4 is 14.4 Å². The molecule has 9 heteroatoms. The van der Waals surface area contributed by atoms with Gasteiger partial charge in [-0.2, -0.15) is 0 Å². The Morgan fingerprint density at radius 2 is 1.57 bits per heavy atom. The molecule has 0 spiro atoms. The number of amides is 2. The van der Waals surface area contributed by atoms with Gasteiger partial charge >= 0.3 is 0 Å². The van der Waals surface area contributed by atoms with Crippen LogP contribution >= 0.6 is 0 Å². The second kappa shape index (κ2) is 14.4. The highest BCUT2D eigenvalue weighted by molar-refractivity contribution is 7.92. The average Bonchev–Trinajstić information content (AvgIpc) is 3.00. The highest BCUT2D eigenvalue weighted by atomic mass is 32.2. The highest BCUT2D eigenvalue weighted by Gasteiger charge is 2.33. The minimum atomic E-state index is -4.11. The molecular weight excluding hydrogens is 550 g/mol. The van der Waals surface area contributed by atoms with E-state index in [9.17, 15) is 18.0 Å². The summed E-state index contributed by atoms with van der Waals surface area (Å²) in [6, 6.07) is 21.7. The number of rotatable bonds is 12. The molecule has 1 aliphatic rings. The van der Waals surface area contributed by atoms with E-state index in [1.165, 1.54) is 17.0 Å². The molecule has 4 rings (SSSR count). The standard InChI is InChI=1S/C33H41N3O5S/c1-4-41-30-21-19-29(20-22-30)36(42(39,40)31-13-9-6-10-14-31)24-32(37)35(23-27-17-15-25(2)16-18-27)26(3)33(38)34-28-11-7-5-8-12-28/h6,9-10,13-22,26,28H,4-5,7-8,11-12,23-24H2,1-3H3,(H,34,38)/t26-/m1/s1. The third kappa shape index (κ3) is 7.91. The lowest BCUT2D eigenvalue weighted by atomic mass is 9.95. The molecule has 2 amide bonds. The summed E-state index contributed by atoms with van der Waals surface area (Å²) in [4.78, 5) is 29.1. The molecule has 1 fully saturated rings. The van der Waals surface area contributed by atoms with Crippen molar-refractivity contribution >= 4 is 27.5 Å². The predicted molar refractivity (Wildman–Crippen MR) is 165 cm³/mol. The summed E-state index contributed by atoms with van der Waals surface area (Å²) in [6.07, 6.45) is 5.15. The summed E-state index contributed by atoms with van der Waals surface area (Å²) in [5.41, 5.74) is 2.25. The molecule has 0 bridgehead atoms. The van der Waals surface area contributed by atoms with Crippen LogP contribution in [0, 0.1) is 6.92 Å². The van der Waals surface area contributed by atoms with Crippen LogP contribution in [0.1, 0.15) is 57.1 Å². The summed E-state index contributed by atoms with van der Waals surface area (Å²) in [5, 5.41) is 3.13. The Bertz CT molecular complexity index is 1420. The Morgan fingerprint density at radius 3 is 2.19 bits per heavy atom. The van der Waals surface area contributed by atoms with Crippen LogP contribution in [0.2, 0.25) is 0 Å². The summed E-state index contributed by atoms with van der Waals surface area (Å²) in [5.74, 6) is -0.116. The summed E-state index contributed by atoms with van der Waals surface area (Å²) in [6.45, 7) is 5.72. The fourth-order valence-electron chi connectivity index (χ4n) is 5.17. The second-order valence-electron chi connectivity index (χ2n) is 10.8. The van der Waals surface area contributed by atoms with Gasteiger partial charge < -0.3 is 15.0 Å². The lowest BCUT2D eigenvalue weighted by Gasteiger charge is -2.33. The van der Waals surface area contributed by atoms with Gasteiger partial charge in [-0.25, -0.2) is 8.42 Å². The van der Waals surface area contributed by atoms with E-state index in [2.05, 4.69) is 5.32 Å². The van der Waals surface area contributed by atoms with Gasteiger partial charge in [0.15, 0.2) is 0 Å². The van der Waals surface area contributed by atoms with Gasteiger partial charge in [0, 0.05) is 12.6 Å². The number of ether oxygens (including phenoxy) is 1. The Balaban J connectivity index is 1.66. The Hall–Kier alpha value is -3.85. The van der Waals surface area contributed by atoms with Gasteiger partial charge in [-0.1, -0.05) is 67.3 Å². The van der Waals surface area contributed by atoms with Crippen molar-refractivity contribution in [3.8, 4) is 5.75 Å². The van der Waals surface area contributed by atoms with Gasteiger partial charge in [-0.05, 0) is 75.6 Å². The number of anilines is 1. The molecular formula is C33H41N3O5S. The van der Waals surface area contributed by atoms with Crippen LogP contribution in [0.3, 0.4) is 0 Å². The maximum absolute atomic E-state index is 14.1. The summed E-state index contributed by atoms with van der Waals surface area (Å²) >= 11 is 0. The molecule has 0 radical (unpaired) electrons. The van der Waals surface area contributed by atoms with Gasteiger partial charge in [0.1, 0.15) is 18.3 Å². The third-order valence-corrected chi connectivity index (χ3v) is 9.43. The van der Waals surface area contributed by atoms with E-state index >= 15 is 0 Å². The van der Waals surface area contributed by atoms with Crippen molar-refractivity contribution in [2.75, 3.05) is 17.5 Å². The molecule has 8 nitrogen and oxygen atoms in total. The van der Waals surface area contributed by atoms with Crippen molar-refractivity contribution in [2.24, 2.45) is 0 Å². The zero-order valence-electron chi connectivity index (χ0n) is 24.7. The molecule has 0 aliphatic heterocycles. The number of hydrogen-bond donors (Lipinski definition) is 1. The first-order valence-corrected chi connectivity index (χ1v) is 16.1. The molecule has 3 aromatic rings. The van der Waals surface area contributed by atoms with Gasteiger partial charge in [-0.15, -0.1) is 0 Å². The largest absolute Gasteiger partial charge is 0.494 e. The van der Waals surface area contributed by atoms with Gasteiger partial charge in [0.05, 0.1) is 17.2 Å². The topological polar surface area (TPSA) is 96.0 Å². The van der Waals surface area contributed by atoms with Crippen LogP contribution in [-0.4, -0.2) is 50.4 Å². The number of aryl methyl sites for hydroxylation is 1. The molecule has 0 unspecified atom stereocenters. The molecule has 0 heterocycles. The van der Waals surface area contributed by atoms with E-state index in [4.69, 9.17) is 4.74 Å². The van der Waals surface area contributed by atoms with E-state index < -0.39 is 28.5 Å². The van der Waals surface area contributed by atoms with Crippen LogP contribution in [0.5, 0.6) is 5.75 Å². The average molecular weight is 592 g/mol. The van der Waals surface area contributed by atoms with E-state index in [1.54, 1.807) is 49.4 Å². The van der Waals surface area contributed by atoms with E-state index in [0.717, 1.165) is 47.5 Å². The van der Waals surface area contributed by atoms with Crippen molar-refractivity contribution in [1.82, 2.24) is 10.2 Å². The summed E-state index contributed by atoms with van der Waals surface area (Å²) < 4.78 is 34.5. The molecule has 0 saturated heterocycles. The highest BCUT2D eigenvalue weighted by Crippen LogP contribution is 2.27. The number of carbonyl (C=O) groups excluding carboxylic acids is 2. The smallest absolute Gasteiger partial charge is 0.264 e. The van der Waals surface area contributed by atoms with Gasteiger partial charge in [0.2, 0.25) is 11.8 Å². The summed E-state index contributed by atoms with van der Waals surface area (Å²) in [7, 11) is -4.11. The minimum Gasteiger partial charge on any atom is -0.494 e. The minimum absolute atomic E-state index is 0.0693. The number of nitrogens with one attached hydrogen (secondary N) is 1. The predicted octanol–water partition coefficient (Wildman–Crippen LogP) is 5.46. The molecule has 1 N–H and O–H groups in total. The van der Waals surface area contributed by atoms with E-state index in [0.29, 0.717) is 18.0 Å². The second-order valence-corrected chi connectivity index (χ2v) is 12.6. The number of carbonyl (C=O) groups is 2. The first-order valence-electron chi connectivity index (χ1n) is 14.6. The lowest BCUT2D eigenvalue weighted by molar-refractivity contribution is -0.139. The molecule has 0 aromatic heterocycles. The monoisotopic (exact) mass is 591 g/mol. The maximum atomic E-state index is 14.1. The first kappa shape index (κ1) is 31.1. The number of benzene rings is 3. The van der Waals surface area contributed by atoms with Crippen molar-refractivity contribution in [3.05, 3.63) is 90.0 Å². The Kier molecular flexibility index (Phi) is 10.6. The molecule has 1 atom stereocenters. The Morgan fingerprint density at radius 1 is 0.929 bits per heavy atom. The van der Waals surface area contributed by atoms with Crippen molar-refractivity contribution in [1.29, 1.82) is 0 Å². The van der Waals surface area contributed by atoms with Gasteiger partial charge in [-0.3, -0.25) is 13.9 Å². The number of nitrogens with zero attached hydrogens (tertiary/aromatic N) is 2. The van der Waals surface area contributed by atoms with E-state index in [1.807, 2.05) is 38.1 Å².